The lowest BCUT2D eigenvalue weighted by Gasteiger charge is -2.11. The second-order valence-electron chi connectivity index (χ2n) is 5.54. The highest BCUT2D eigenvalue weighted by Gasteiger charge is 2.12. The number of amides is 1. The maximum Gasteiger partial charge on any atom is 0.274 e. The van der Waals surface area contributed by atoms with Crippen LogP contribution in [0.15, 0.2) is 60.9 Å². The van der Waals surface area contributed by atoms with Crippen LogP contribution in [0.3, 0.4) is 0 Å². The van der Waals surface area contributed by atoms with Crippen molar-refractivity contribution in [1.29, 1.82) is 5.26 Å². The van der Waals surface area contributed by atoms with Gasteiger partial charge in [0.1, 0.15) is 23.9 Å². The number of aryl methyl sites for hydroxylation is 1. The Kier molecular flexibility index (Phi) is 5.20. The van der Waals surface area contributed by atoms with Crippen LogP contribution >= 0.6 is 0 Å². The molecule has 0 unspecified atom stereocenters. The summed E-state index contributed by atoms with van der Waals surface area (Å²) < 4.78 is 0. The first kappa shape index (κ1) is 17.1. The van der Waals surface area contributed by atoms with Crippen molar-refractivity contribution in [2.75, 3.05) is 10.6 Å². The van der Waals surface area contributed by atoms with Gasteiger partial charge in [-0.05, 0) is 30.2 Å². The maximum atomic E-state index is 12.5. The highest BCUT2D eigenvalue weighted by atomic mass is 16.1. The Bertz CT molecular complexity index is 978. The summed E-state index contributed by atoms with van der Waals surface area (Å²) in [5.74, 6) is 0.126. The van der Waals surface area contributed by atoms with E-state index in [2.05, 4.69) is 27.5 Å². The second-order valence-corrected chi connectivity index (χ2v) is 5.54. The summed E-state index contributed by atoms with van der Waals surface area (Å²) in [6, 6.07) is 18.4. The van der Waals surface area contributed by atoms with E-state index in [-0.39, 0.29) is 5.69 Å². The number of anilines is 3. The average Bonchev–Trinajstić information content (AvgIpc) is 2.69. The van der Waals surface area contributed by atoms with E-state index in [0.29, 0.717) is 17.1 Å². The van der Waals surface area contributed by atoms with Gasteiger partial charge in [-0.25, -0.2) is 9.97 Å². The van der Waals surface area contributed by atoms with Crippen molar-refractivity contribution in [3.05, 3.63) is 77.7 Å². The van der Waals surface area contributed by atoms with Crippen LogP contribution in [-0.4, -0.2) is 15.9 Å². The molecule has 1 aromatic heterocycles. The molecule has 1 amide bonds. The Morgan fingerprint density at radius 1 is 1.08 bits per heavy atom. The molecular weight excluding hydrogens is 326 g/mol. The standard InChI is InChI=1S/C20H17N5O/c1-2-14-7-3-5-9-16(14)24-19-11-18(22-13-23-19)20(26)25-17-10-6-4-8-15(17)12-21/h3-11,13H,2H2,1H3,(H,25,26)(H,22,23,24). The molecule has 6 nitrogen and oxygen atoms in total. The van der Waals surface area contributed by atoms with Crippen LogP contribution in [-0.2, 0) is 6.42 Å². The van der Waals surface area contributed by atoms with Crippen molar-refractivity contribution in [1.82, 2.24) is 9.97 Å². The van der Waals surface area contributed by atoms with Crippen LogP contribution in [0.5, 0.6) is 0 Å². The smallest absolute Gasteiger partial charge is 0.274 e. The number of carbonyl (C=O) groups is 1. The van der Waals surface area contributed by atoms with Gasteiger partial charge in [0.2, 0.25) is 0 Å². The van der Waals surface area contributed by atoms with Gasteiger partial charge < -0.3 is 10.6 Å². The fourth-order valence-corrected chi connectivity index (χ4v) is 2.51. The molecule has 2 N–H and O–H groups in total. The fourth-order valence-electron chi connectivity index (χ4n) is 2.51. The van der Waals surface area contributed by atoms with E-state index in [0.717, 1.165) is 17.7 Å². The number of rotatable bonds is 5. The van der Waals surface area contributed by atoms with Crippen LogP contribution in [0, 0.1) is 11.3 Å². The van der Waals surface area contributed by atoms with Crippen LogP contribution in [0.2, 0.25) is 0 Å². The fraction of sp³-hybridized carbons (Fsp3) is 0.100. The minimum atomic E-state index is -0.401. The normalized spacial score (nSPS) is 10.0. The number of carbonyl (C=O) groups excluding carboxylic acids is 1. The summed E-state index contributed by atoms with van der Waals surface area (Å²) in [6.07, 6.45) is 2.22. The molecule has 128 valence electrons. The van der Waals surface area contributed by atoms with Crippen molar-refractivity contribution < 1.29 is 4.79 Å². The number of nitriles is 1. The molecule has 0 aliphatic heterocycles. The van der Waals surface area contributed by atoms with E-state index in [1.165, 1.54) is 6.33 Å². The molecular formula is C20H17N5O. The third kappa shape index (κ3) is 3.84. The molecule has 0 bridgehead atoms. The lowest BCUT2D eigenvalue weighted by atomic mass is 10.1. The third-order valence-corrected chi connectivity index (χ3v) is 3.86. The van der Waals surface area contributed by atoms with E-state index < -0.39 is 5.91 Å². The van der Waals surface area contributed by atoms with Gasteiger partial charge in [-0.1, -0.05) is 37.3 Å². The molecule has 6 heteroatoms. The van der Waals surface area contributed by atoms with E-state index in [4.69, 9.17) is 5.26 Å². The zero-order chi connectivity index (χ0) is 18.4. The average molecular weight is 343 g/mol. The minimum Gasteiger partial charge on any atom is -0.340 e. The van der Waals surface area contributed by atoms with Gasteiger partial charge in [-0.3, -0.25) is 4.79 Å². The van der Waals surface area contributed by atoms with Gasteiger partial charge in [0.25, 0.3) is 5.91 Å². The topological polar surface area (TPSA) is 90.7 Å². The highest BCUT2D eigenvalue weighted by molar-refractivity contribution is 6.03. The Labute approximate surface area is 151 Å². The van der Waals surface area contributed by atoms with E-state index in [1.807, 2.05) is 30.3 Å². The van der Waals surface area contributed by atoms with Crippen LogP contribution in [0.1, 0.15) is 28.5 Å². The summed E-state index contributed by atoms with van der Waals surface area (Å²) in [5.41, 5.74) is 3.15. The molecule has 3 aromatic rings. The summed E-state index contributed by atoms with van der Waals surface area (Å²) in [6.45, 7) is 2.08. The molecule has 0 saturated carbocycles. The summed E-state index contributed by atoms with van der Waals surface area (Å²) in [5, 5.41) is 15.1. The number of hydrogen-bond donors (Lipinski definition) is 2. The first-order chi connectivity index (χ1) is 12.7. The predicted molar refractivity (Wildman–Crippen MR) is 100 cm³/mol. The molecule has 0 aliphatic carbocycles. The number of nitrogens with one attached hydrogen (secondary N) is 2. The first-order valence-electron chi connectivity index (χ1n) is 8.18. The van der Waals surface area contributed by atoms with Crippen LogP contribution in [0.25, 0.3) is 0 Å². The van der Waals surface area contributed by atoms with Crippen molar-refractivity contribution in [3.8, 4) is 6.07 Å². The monoisotopic (exact) mass is 343 g/mol. The Hall–Kier alpha value is -3.72. The Morgan fingerprint density at radius 2 is 1.81 bits per heavy atom. The van der Waals surface area contributed by atoms with Gasteiger partial charge in [0.15, 0.2) is 0 Å². The zero-order valence-electron chi connectivity index (χ0n) is 14.2. The molecule has 0 atom stereocenters. The molecule has 0 spiro atoms. The first-order valence-corrected chi connectivity index (χ1v) is 8.18. The lowest BCUT2D eigenvalue weighted by molar-refractivity contribution is 0.102. The zero-order valence-corrected chi connectivity index (χ0v) is 14.2. The van der Waals surface area contributed by atoms with Crippen LogP contribution in [0.4, 0.5) is 17.2 Å². The SMILES string of the molecule is CCc1ccccc1Nc1cc(C(=O)Nc2ccccc2C#N)ncn1. The van der Waals surface area contributed by atoms with Crippen LogP contribution < -0.4 is 10.6 Å². The van der Waals surface area contributed by atoms with Gasteiger partial charge >= 0.3 is 0 Å². The van der Waals surface area contributed by atoms with Gasteiger partial charge in [0.05, 0.1) is 11.3 Å². The van der Waals surface area contributed by atoms with Gasteiger partial charge in [0, 0.05) is 11.8 Å². The largest absolute Gasteiger partial charge is 0.340 e. The molecule has 26 heavy (non-hydrogen) atoms. The molecule has 0 fully saturated rings. The van der Waals surface area contributed by atoms with Crippen molar-refractivity contribution in [3.63, 3.8) is 0 Å². The number of benzene rings is 2. The van der Waals surface area contributed by atoms with Crippen molar-refractivity contribution >= 4 is 23.1 Å². The van der Waals surface area contributed by atoms with Gasteiger partial charge in [-0.2, -0.15) is 5.26 Å². The molecule has 1 heterocycles. The third-order valence-electron chi connectivity index (χ3n) is 3.86. The summed E-state index contributed by atoms with van der Waals surface area (Å²) in [7, 11) is 0. The van der Waals surface area contributed by atoms with E-state index in [1.54, 1.807) is 30.3 Å². The van der Waals surface area contributed by atoms with E-state index in [9.17, 15) is 4.79 Å². The van der Waals surface area contributed by atoms with Gasteiger partial charge in [-0.15, -0.1) is 0 Å². The minimum absolute atomic E-state index is 0.212. The lowest BCUT2D eigenvalue weighted by Crippen LogP contribution is -2.15. The number of para-hydroxylation sites is 2. The summed E-state index contributed by atoms with van der Waals surface area (Å²) in [4.78, 5) is 20.7. The molecule has 2 aromatic carbocycles. The molecule has 0 radical (unpaired) electrons. The number of hydrogen-bond acceptors (Lipinski definition) is 5. The van der Waals surface area contributed by atoms with Crippen molar-refractivity contribution in [2.45, 2.75) is 13.3 Å². The number of nitrogens with zero attached hydrogens (tertiary/aromatic N) is 3. The Morgan fingerprint density at radius 3 is 2.58 bits per heavy atom. The summed E-state index contributed by atoms with van der Waals surface area (Å²) >= 11 is 0. The van der Waals surface area contributed by atoms with Crippen molar-refractivity contribution in [2.24, 2.45) is 0 Å². The predicted octanol–water partition coefficient (Wildman–Crippen LogP) is 3.91. The molecule has 0 saturated heterocycles. The molecule has 0 aliphatic rings. The second kappa shape index (κ2) is 7.90. The van der Waals surface area contributed by atoms with E-state index >= 15 is 0 Å². The Balaban J connectivity index is 1.81. The number of aromatic nitrogens is 2. The molecule has 3 rings (SSSR count). The maximum absolute atomic E-state index is 12.5. The highest BCUT2D eigenvalue weighted by Crippen LogP contribution is 2.20. The quantitative estimate of drug-likeness (QED) is 0.733.